The van der Waals surface area contributed by atoms with Gasteiger partial charge in [-0.25, -0.2) is 4.98 Å². The summed E-state index contributed by atoms with van der Waals surface area (Å²) in [5.74, 6) is 0.224. The molecule has 1 heterocycles. The van der Waals surface area contributed by atoms with Crippen LogP contribution in [0.5, 0.6) is 0 Å². The molecule has 1 saturated carbocycles. The number of hydrogen-bond acceptors (Lipinski definition) is 8. The summed E-state index contributed by atoms with van der Waals surface area (Å²) in [4.78, 5) is 31.2. The molecule has 10 heteroatoms. The van der Waals surface area contributed by atoms with Gasteiger partial charge in [0.05, 0.1) is 11.5 Å². The highest BCUT2D eigenvalue weighted by Crippen LogP contribution is 2.26. The molecule has 1 aliphatic carbocycles. The van der Waals surface area contributed by atoms with E-state index in [0.29, 0.717) is 12.5 Å². The second-order valence-corrected chi connectivity index (χ2v) is 6.15. The fraction of sp³-hybridized carbons (Fsp3) is 0.643. The smallest absolute Gasteiger partial charge is 0.329 e. The molecule has 132 valence electrons. The monoisotopic (exact) mass is 337 g/mol. The first-order chi connectivity index (χ1) is 11.4. The highest BCUT2D eigenvalue weighted by molar-refractivity contribution is 5.78. The summed E-state index contributed by atoms with van der Waals surface area (Å²) >= 11 is 0. The number of rotatable bonds is 7. The van der Waals surface area contributed by atoms with Crippen molar-refractivity contribution in [3.8, 4) is 0 Å². The van der Waals surface area contributed by atoms with Crippen molar-refractivity contribution in [2.75, 3.05) is 30.4 Å². The van der Waals surface area contributed by atoms with Crippen LogP contribution in [0.2, 0.25) is 0 Å². The Balaban J connectivity index is 2.10. The van der Waals surface area contributed by atoms with Crippen LogP contribution in [0.25, 0.3) is 0 Å². The molecule has 0 unspecified atom stereocenters. The van der Waals surface area contributed by atoms with Crippen LogP contribution in [0, 0.1) is 16.0 Å². The van der Waals surface area contributed by atoms with Crippen molar-refractivity contribution in [3.63, 3.8) is 0 Å². The normalized spacial score (nSPS) is 20.4. The predicted molar refractivity (Wildman–Crippen MR) is 89.6 cm³/mol. The third kappa shape index (κ3) is 4.75. The van der Waals surface area contributed by atoms with Crippen molar-refractivity contribution in [2.24, 2.45) is 17.4 Å². The molecule has 1 aliphatic rings. The van der Waals surface area contributed by atoms with Gasteiger partial charge >= 0.3 is 5.69 Å². The molecule has 24 heavy (non-hydrogen) atoms. The number of anilines is 2. The Hall–Kier alpha value is -2.49. The van der Waals surface area contributed by atoms with Crippen LogP contribution in [0.4, 0.5) is 17.5 Å². The third-order valence-corrected chi connectivity index (χ3v) is 4.14. The molecule has 2 rings (SSSR count). The number of nitrogens with two attached hydrogens (primary N) is 2. The molecular weight excluding hydrogens is 314 g/mol. The van der Waals surface area contributed by atoms with Crippen LogP contribution in [0.3, 0.4) is 0 Å². The molecule has 0 spiro atoms. The highest BCUT2D eigenvalue weighted by Gasteiger charge is 2.22. The van der Waals surface area contributed by atoms with Crippen molar-refractivity contribution >= 4 is 23.4 Å². The van der Waals surface area contributed by atoms with Gasteiger partial charge in [-0.15, -0.1) is 0 Å². The van der Waals surface area contributed by atoms with Crippen LogP contribution in [-0.2, 0) is 4.79 Å². The quantitative estimate of drug-likeness (QED) is 0.472. The number of amides is 1. The van der Waals surface area contributed by atoms with Gasteiger partial charge in [-0.1, -0.05) is 0 Å². The number of carbonyl (C=O) groups is 1. The minimum absolute atomic E-state index is 0.0717. The number of carbonyl (C=O) groups excluding carboxylic acids is 1. The molecule has 0 saturated heterocycles. The Morgan fingerprint density at radius 1 is 1.46 bits per heavy atom. The number of primary amides is 1. The summed E-state index contributed by atoms with van der Waals surface area (Å²) in [5, 5.41) is 14.2. The van der Waals surface area contributed by atoms with Crippen LogP contribution in [0.1, 0.15) is 25.7 Å². The topological polar surface area (TPSA) is 153 Å². The van der Waals surface area contributed by atoms with Crippen molar-refractivity contribution in [1.82, 2.24) is 9.97 Å². The average Bonchev–Trinajstić information content (AvgIpc) is 2.53. The number of nitrogens with zero attached hydrogens (tertiary/aromatic N) is 4. The molecule has 0 radical (unpaired) electrons. The molecule has 1 amide bonds. The van der Waals surface area contributed by atoms with Gasteiger partial charge in [0.1, 0.15) is 6.20 Å². The van der Waals surface area contributed by atoms with E-state index in [2.05, 4.69) is 15.3 Å². The van der Waals surface area contributed by atoms with Crippen molar-refractivity contribution < 1.29 is 9.72 Å². The third-order valence-electron chi connectivity index (χ3n) is 4.14. The first kappa shape index (κ1) is 17.9. The van der Waals surface area contributed by atoms with E-state index in [1.54, 1.807) is 7.05 Å². The van der Waals surface area contributed by atoms with Crippen LogP contribution < -0.4 is 21.7 Å². The Morgan fingerprint density at radius 3 is 2.71 bits per heavy atom. The summed E-state index contributed by atoms with van der Waals surface area (Å²) in [7, 11) is 1.60. The number of hydrogen-bond donors (Lipinski definition) is 3. The Morgan fingerprint density at radius 2 is 2.12 bits per heavy atom. The van der Waals surface area contributed by atoms with E-state index in [4.69, 9.17) is 11.5 Å². The molecule has 10 nitrogen and oxygen atoms in total. The van der Waals surface area contributed by atoms with Gasteiger partial charge in [-0.2, -0.15) is 4.98 Å². The van der Waals surface area contributed by atoms with Gasteiger partial charge in [-0.05, 0) is 31.6 Å². The fourth-order valence-corrected chi connectivity index (χ4v) is 2.75. The maximum Gasteiger partial charge on any atom is 0.329 e. The molecule has 1 fully saturated rings. The lowest BCUT2D eigenvalue weighted by atomic mass is 9.86. The molecule has 1 aromatic rings. The van der Waals surface area contributed by atoms with Gasteiger partial charge in [-0.3, -0.25) is 14.9 Å². The molecule has 0 bridgehead atoms. The molecule has 0 atom stereocenters. The van der Waals surface area contributed by atoms with E-state index < -0.39 is 10.8 Å². The summed E-state index contributed by atoms with van der Waals surface area (Å²) < 4.78 is 0. The molecule has 1 aromatic heterocycles. The van der Waals surface area contributed by atoms with E-state index in [1.807, 2.05) is 0 Å². The number of nitro groups is 1. The lowest BCUT2D eigenvalue weighted by molar-refractivity contribution is -0.384. The lowest BCUT2D eigenvalue weighted by Crippen LogP contribution is -2.32. The average molecular weight is 337 g/mol. The maximum atomic E-state index is 11.2. The molecular formula is C14H23N7O3. The van der Waals surface area contributed by atoms with E-state index >= 15 is 0 Å². The van der Waals surface area contributed by atoms with Crippen molar-refractivity contribution in [2.45, 2.75) is 31.7 Å². The zero-order chi connectivity index (χ0) is 17.7. The van der Waals surface area contributed by atoms with Gasteiger partial charge in [0.15, 0.2) is 0 Å². The Kier molecular flexibility index (Phi) is 5.85. The first-order valence-electron chi connectivity index (χ1n) is 7.87. The summed E-state index contributed by atoms with van der Waals surface area (Å²) in [6.07, 6.45) is 5.04. The minimum Gasteiger partial charge on any atom is -0.368 e. The summed E-state index contributed by atoms with van der Waals surface area (Å²) in [5.41, 5.74) is 10.8. The van der Waals surface area contributed by atoms with Crippen molar-refractivity contribution in [3.05, 3.63) is 16.3 Å². The SMILES string of the molecule is CN(CC(N)=O)c1ncc([N+](=O)[O-])c(NCC2CCC(N)CC2)n1. The van der Waals surface area contributed by atoms with E-state index in [0.717, 1.165) is 31.9 Å². The van der Waals surface area contributed by atoms with Crippen LogP contribution in [0.15, 0.2) is 6.20 Å². The minimum atomic E-state index is -0.535. The van der Waals surface area contributed by atoms with E-state index in [9.17, 15) is 14.9 Å². The predicted octanol–water partition coefficient (Wildman–Crippen LogP) is 0.236. The van der Waals surface area contributed by atoms with E-state index in [1.165, 1.54) is 4.90 Å². The molecule has 0 aromatic carbocycles. The highest BCUT2D eigenvalue weighted by atomic mass is 16.6. The Bertz CT molecular complexity index is 602. The van der Waals surface area contributed by atoms with Gasteiger partial charge in [0, 0.05) is 19.6 Å². The van der Waals surface area contributed by atoms with Crippen molar-refractivity contribution in [1.29, 1.82) is 0 Å². The standard InChI is InChI=1S/C14H23N7O3/c1-20(8-12(16)22)14-18-7-11(21(23)24)13(19-14)17-6-9-2-4-10(15)5-3-9/h7,9-10H,2-6,8,15H2,1H3,(H2,16,22)(H,17,18,19). The van der Waals surface area contributed by atoms with Crippen LogP contribution >= 0.6 is 0 Å². The first-order valence-corrected chi connectivity index (χ1v) is 7.87. The second kappa shape index (κ2) is 7.86. The summed E-state index contributed by atoms with van der Waals surface area (Å²) in [6, 6.07) is 0.253. The number of likely N-dealkylation sites (N-methyl/N-ethyl adjacent to an activating group) is 1. The lowest BCUT2D eigenvalue weighted by Gasteiger charge is -2.26. The van der Waals surface area contributed by atoms with Gasteiger partial charge < -0.3 is 21.7 Å². The molecule has 5 N–H and O–H groups in total. The Labute approximate surface area is 139 Å². The maximum absolute atomic E-state index is 11.2. The van der Waals surface area contributed by atoms with Gasteiger partial charge in [0.25, 0.3) is 0 Å². The summed E-state index contributed by atoms with van der Waals surface area (Å²) in [6.45, 7) is 0.515. The second-order valence-electron chi connectivity index (χ2n) is 6.15. The largest absolute Gasteiger partial charge is 0.368 e. The fourth-order valence-electron chi connectivity index (χ4n) is 2.75. The van der Waals surface area contributed by atoms with E-state index in [-0.39, 0.29) is 30.0 Å². The zero-order valence-electron chi connectivity index (χ0n) is 13.6. The van der Waals surface area contributed by atoms with Crippen LogP contribution in [-0.4, -0.2) is 47.0 Å². The molecule has 0 aliphatic heterocycles. The van der Waals surface area contributed by atoms with Gasteiger partial charge in [0.2, 0.25) is 17.7 Å². The number of nitrogens with one attached hydrogen (secondary N) is 1. The zero-order valence-corrected chi connectivity index (χ0v) is 13.6. The number of aromatic nitrogens is 2.